The molecule has 0 bridgehead atoms. The zero-order valence-corrected chi connectivity index (χ0v) is 16.8. The van der Waals surface area contributed by atoms with Crippen LogP contribution in [0, 0.1) is 19.8 Å². The first-order valence-corrected chi connectivity index (χ1v) is 9.50. The molecule has 7 nitrogen and oxygen atoms in total. The van der Waals surface area contributed by atoms with Gasteiger partial charge in [-0.3, -0.25) is 14.4 Å². The van der Waals surface area contributed by atoms with Gasteiger partial charge in [-0.15, -0.1) is 0 Å². The van der Waals surface area contributed by atoms with Crippen molar-refractivity contribution in [2.75, 3.05) is 30.4 Å². The number of aryl methyl sites for hydroxylation is 2. The van der Waals surface area contributed by atoms with Gasteiger partial charge in [-0.05, 0) is 49.2 Å². The summed E-state index contributed by atoms with van der Waals surface area (Å²) < 4.78 is 5.56. The van der Waals surface area contributed by atoms with Gasteiger partial charge in [0.25, 0.3) is 5.91 Å². The summed E-state index contributed by atoms with van der Waals surface area (Å²) in [6, 6.07) is 12.8. The molecule has 1 heterocycles. The molecule has 1 saturated heterocycles. The third kappa shape index (κ3) is 4.74. The molecule has 2 aromatic carbocycles. The Morgan fingerprint density at radius 1 is 1.10 bits per heavy atom. The molecular formula is C22H25N3O4. The van der Waals surface area contributed by atoms with Crippen LogP contribution in [0.5, 0.6) is 5.75 Å². The average molecular weight is 395 g/mol. The van der Waals surface area contributed by atoms with Crippen LogP contribution >= 0.6 is 0 Å². The van der Waals surface area contributed by atoms with Crippen molar-refractivity contribution in [3.05, 3.63) is 53.6 Å². The van der Waals surface area contributed by atoms with Crippen molar-refractivity contribution in [1.29, 1.82) is 0 Å². The molecular weight excluding hydrogens is 370 g/mol. The first kappa shape index (κ1) is 20.4. The molecule has 0 radical (unpaired) electrons. The molecule has 29 heavy (non-hydrogen) atoms. The van der Waals surface area contributed by atoms with E-state index in [-0.39, 0.29) is 36.7 Å². The number of amides is 3. The number of rotatable bonds is 6. The number of nitrogens with one attached hydrogen (secondary N) is 2. The molecule has 1 unspecified atom stereocenters. The Labute approximate surface area is 170 Å². The van der Waals surface area contributed by atoms with Crippen LogP contribution in [-0.4, -0.2) is 37.9 Å². The summed E-state index contributed by atoms with van der Waals surface area (Å²) >= 11 is 0. The second-order valence-corrected chi connectivity index (χ2v) is 7.12. The van der Waals surface area contributed by atoms with Crippen LogP contribution in [0.2, 0.25) is 0 Å². The van der Waals surface area contributed by atoms with Crippen LogP contribution in [0.1, 0.15) is 17.5 Å². The van der Waals surface area contributed by atoms with Gasteiger partial charge in [-0.1, -0.05) is 18.2 Å². The lowest BCUT2D eigenvalue weighted by molar-refractivity contribution is -0.125. The van der Waals surface area contributed by atoms with Crippen molar-refractivity contribution >= 4 is 29.1 Å². The summed E-state index contributed by atoms with van der Waals surface area (Å²) in [6.07, 6.45) is 0.205. The van der Waals surface area contributed by atoms with Gasteiger partial charge in [0.2, 0.25) is 11.8 Å². The smallest absolute Gasteiger partial charge is 0.262 e. The number of nitrogens with zero attached hydrogens (tertiary/aromatic N) is 1. The SMILES string of the molecule is CNC(=O)C1CC(=O)N(c2ccc(OCC(=O)Nc3c(C)cccc3C)cc2)C1. The Morgan fingerprint density at radius 2 is 1.76 bits per heavy atom. The lowest BCUT2D eigenvalue weighted by Gasteiger charge is -2.17. The highest BCUT2D eigenvalue weighted by molar-refractivity contribution is 6.00. The summed E-state index contributed by atoms with van der Waals surface area (Å²) in [4.78, 5) is 37.8. The first-order valence-electron chi connectivity index (χ1n) is 9.50. The number of carbonyl (C=O) groups excluding carboxylic acids is 3. The zero-order valence-electron chi connectivity index (χ0n) is 16.8. The number of carbonyl (C=O) groups is 3. The van der Waals surface area contributed by atoms with E-state index < -0.39 is 0 Å². The maximum atomic E-state index is 12.2. The van der Waals surface area contributed by atoms with E-state index in [2.05, 4.69) is 10.6 Å². The van der Waals surface area contributed by atoms with Gasteiger partial charge in [-0.25, -0.2) is 0 Å². The number of ether oxygens (including phenoxy) is 1. The van der Waals surface area contributed by atoms with E-state index in [4.69, 9.17) is 4.74 Å². The average Bonchev–Trinajstić information content (AvgIpc) is 3.11. The van der Waals surface area contributed by atoms with Crippen molar-refractivity contribution in [3.8, 4) is 5.75 Å². The van der Waals surface area contributed by atoms with Gasteiger partial charge >= 0.3 is 0 Å². The number of anilines is 2. The summed E-state index contributed by atoms with van der Waals surface area (Å²) in [7, 11) is 1.57. The van der Waals surface area contributed by atoms with Gasteiger partial charge in [0.1, 0.15) is 5.75 Å². The van der Waals surface area contributed by atoms with Crippen molar-refractivity contribution in [2.24, 2.45) is 5.92 Å². The number of para-hydroxylation sites is 1. The highest BCUT2D eigenvalue weighted by Crippen LogP contribution is 2.27. The lowest BCUT2D eigenvalue weighted by atomic mass is 10.1. The largest absolute Gasteiger partial charge is 0.484 e. The van der Waals surface area contributed by atoms with Crippen LogP contribution in [0.3, 0.4) is 0 Å². The molecule has 3 rings (SSSR count). The minimum absolute atomic E-state index is 0.0831. The molecule has 3 amide bonds. The standard InChI is InChI=1S/C22H25N3O4/c1-14-5-4-6-15(2)21(14)24-19(26)13-29-18-9-7-17(8-10-18)25-12-16(11-20(25)27)22(28)23-3/h4-10,16H,11-13H2,1-3H3,(H,23,28)(H,24,26). The molecule has 0 aliphatic carbocycles. The van der Waals surface area contributed by atoms with E-state index in [0.29, 0.717) is 18.0 Å². The fourth-order valence-corrected chi connectivity index (χ4v) is 3.40. The summed E-state index contributed by atoms with van der Waals surface area (Å²) in [5, 5.41) is 5.46. The van der Waals surface area contributed by atoms with Gasteiger partial charge in [0.15, 0.2) is 6.61 Å². The highest BCUT2D eigenvalue weighted by atomic mass is 16.5. The van der Waals surface area contributed by atoms with Crippen molar-refractivity contribution in [3.63, 3.8) is 0 Å². The molecule has 0 aromatic heterocycles. The minimum Gasteiger partial charge on any atom is -0.484 e. The topological polar surface area (TPSA) is 87.7 Å². The molecule has 1 aliphatic rings. The maximum absolute atomic E-state index is 12.2. The minimum atomic E-state index is -0.336. The van der Waals surface area contributed by atoms with Crippen LogP contribution in [-0.2, 0) is 14.4 Å². The van der Waals surface area contributed by atoms with Crippen LogP contribution in [0.25, 0.3) is 0 Å². The molecule has 2 aromatic rings. The predicted molar refractivity (Wildman–Crippen MR) is 111 cm³/mol. The number of hydrogen-bond acceptors (Lipinski definition) is 4. The second kappa shape index (κ2) is 8.77. The molecule has 2 N–H and O–H groups in total. The Morgan fingerprint density at radius 3 is 2.38 bits per heavy atom. The number of benzene rings is 2. The monoisotopic (exact) mass is 395 g/mol. The van der Waals surface area contributed by atoms with Crippen molar-refractivity contribution < 1.29 is 19.1 Å². The second-order valence-electron chi connectivity index (χ2n) is 7.12. The van der Waals surface area contributed by atoms with E-state index in [1.807, 2.05) is 32.0 Å². The highest BCUT2D eigenvalue weighted by Gasteiger charge is 2.34. The van der Waals surface area contributed by atoms with Crippen LogP contribution in [0.15, 0.2) is 42.5 Å². The molecule has 0 spiro atoms. The van der Waals surface area contributed by atoms with Crippen LogP contribution in [0.4, 0.5) is 11.4 Å². The van der Waals surface area contributed by atoms with Gasteiger partial charge < -0.3 is 20.3 Å². The Bertz CT molecular complexity index is 904. The van der Waals surface area contributed by atoms with Gasteiger partial charge in [0, 0.05) is 31.4 Å². The normalized spacial score (nSPS) is 15.9. The Hall–Kier alpha value is -3.35. The first-order chi connectivity index (χ1) is 13.9. The molecule has 1 fully saturated rings. The maximum Gasteiger partial charge on any atom is 0.262 e. The molecule has 1 aliphatic heterocycles. The van der Waals surface area contributed by atoms with E-state index >= 15 is 0 Å². The fraction of sp³-hybridized carbons (Fsp3) is 0.318. The van der Waals surface area contributed by atoms with E-state index in [1.54, 1.807) is 36.2 Å². The third-order valence-electron chi connectivity index (χ3n) is 5.01. The van der Waals surface area contributed by atoms with Crippen LogP contribution < -0.4 is 20.3 Å². The van der Waals surface area contributed by atoms with Gasteiger partial charge in [0.05, 0.1) is 5.92 Å². The van der Waals surface area contributed by atoms with E-state index in [9.17, 15) is 14.4 Å². The summed E-state index contributed by atoms with van der Waals surface area (Å²) in [5.41, 5.74) is 3.49. The van der Waals surface area contributed by atoms with E-state index in [1.165, 1.54) is 0 Å². The molecule has 152 valence electrons. The lowest BCUT2D eigenvalue weighted by Crippen LogP contribution is -2.30. The summed E-state index contributed by atoms with van der Waals surface area (Å²) in [5.74, 6) is -0.262. The van der Waals surface area contributed by atoms with Crippen molar-refractivity contribution in [2.45, 2.75) is 20.3 Å². The Kier molecular flexibility index (Phi) is 6.16. The molecule has 7 heteroatoms. The Balaban J connectivity index is 1.56. The summed E-state index contributed by atoms with van der Waals surface area (Å²) in [6.45, 7) is 4.12. The van der Waals surface area contributed by atoms with Gasteiger partial charge in [-0.2, -0.15) is 0 Å². The van der Waals surface area contributed by atoms with E-state index in [0.717, 1.165) is 16.8 Å². The quantitative estimate of drug-likeness (QED) is 0.786. The number of hydrogen-bond donors (Lipinski definition) is 2. The molecule has 1 atom stereocenters. The predicted octanol–water partition coefficient (Wildman–Crippen LogP) is 2.42. The fourth-order valence-electron chi connectivity index (χ4n) is 3.40. The zero-order chi connectivity index (χ0) is 21.0. The third-order valence-corrected chi connectivity index (χ3v) is 5.01. The van der Waals surface area contributed by atoms with Crippen molar-refractivity contribution in [1.82, 2.24) is 5.32 Å². The molecule has 0 saturated carbocycles.